The number of aromatic amines is 1. The number of fused-ring (bicyclic) bond motifs is 1. The number of anilines is 1. The third kappa shape index (κ3) is 4.26. The van der Waals surface area contributed by atoms with Crippen molar-refractivity contribution in [2.24, 2.45) is 0 Å². The van der Waals surface area contributed by atoms with Gasteiger partial charge < -0.3 is 24.3 Å². The van der Waals surface area contributed by atoms with E-state index in [9.17, 15) is 14.7 Å². The summed E-state index contributed by atoms with van der Waals surface area (Å²) in [6.07, 6.45) is 0.868. The molecule has 1 aliphatic heterocycles. The van der Waals surface area contributed by atoms with E-state index in [2.05, 4.69) is 9.97 Å². The van der Waals surface area contributed by atoms with Gasteiger partial charge in [-0.05, 0) is 48.6 Å². The number of methoxy groups -OCH3 is 2. The Labute approximate surface area is 223 Å². The standard InChI is InChI=1S/C28H27N3O6S/c1-5-10-37-19-9-8-16(12-15(19)2)25(32)23-24(22-7-6-11-38-22)31(27(34)26(23)33)28-29-17-13-20(35-3)21(36-4)14-18(17)30-28/h6-9,11-14,24,32H,5,10H2,1-4H3,(H,29,30)/b25-23+. The number of nitrogens with one attached hydrogen (secondary N) is 1. The summed E-state index contributed by atoms with van der Waals surface area (Å²) in [5.74, 6) is 0.0171. The Balaban J connectivity index is 1.63. The topological polar surface area (TPSA) is 114 Å². The Bertz CT molecular complexity index is 1520. The van der Waals surface area contributed by atoms with Crippen LogP contribution in [0.25, 0.3) is 16.8 Å². The molecule has 1 fully saturated rings. The predicted molar refractivity (Wildman–Crippen MR) is 145 cm³/mol. The number of thiophene rings is 1. The molecule has 1 amide bonds. The average molecular weight is 534 g/mol. The fourth-order valence-electron chi connectivity index (χ4n) is 4.53. The smallest absolute Gasteiger partial charge is 0.302 e. The summed E-state index contributed by atoms with van der Waals surface area (Å²) in [4.78, 5) is 36.6. The largest absolute Gasteiger partial charge is 0.507 e. The van der Waals surface area contributed by atoms with Crippen LogP contribution in [0.2, 0.25) is 0 Å². The third-order valence-corrected chi connectivity index (χ3v) is 7.29. The fourth-order valence-corrected chi connectivity index (χ4v) is 5.35. The Morgan fingerprint density at radius 2 is 1.87 bits per heavy atom. The number of aromatic nitrogens is 2. The van der Waals surface area contributed by atoms with Crippen LogP contribution in [0.3, 0.4) is 0 Å². The van der Waals surface area contributed by atoms with Crippen molar-refractivity contribution in [2.75, 3.05) is 25.7 Å². The number of amides is 1. The van der Waals surface area contributed by atoms with Crippen LogP contribution in [-0.4, -0.2) is 47.6 Å². The minimum absolute atomic E-state index is 0.00491. The number of aliphatic hydroxyl groups is 1. The number of carbonyl (C=O) groups is 2. The number of nitrogens with zero attached hydrogens (tertiary/aromatic N) is 2. The Kier molecular flexibility index (Phi) is 6.81. The maximum Gasteiger partial charge on any atom is 0.302 e. The lowest BCUT2D eigenvalue weighted by molar-refractivity contribution is -0.132. The monoisotopic (exact) mass is 533 g/mol. The molecule has 9 nitrogen and oxygen atoms in total. The molecule has 1 unspecified atom stereocenters. The zero-order valence-electron chi connectivity index (χ0n) is 21.4. The molecule has 1 aliphatic rings. The summed E-state index contributed by atoms with van der Waals surface area (Å²) < 4.78 is 16.5. The quantitative estimate of drug-likeness (QED) is 0.178. The van der Waals surface area contributed by atoms with Crippen molar-refractivity contribution in [3.05, 3.63) is 69.4 Å². The second-order valence-corrected chi connectivity index (χ2v) is 9.78. The lowest BCUT2D eigenvalue weighted by atomic mass is 9.99. The highest BCUT2D eigenvalue weighted by Gasteiger charge is 2.48. The number of imidazole rings is 1. The molecule has 10 heteroatoms. The number of H-pyrrole nitrogens is 1. The van der Waals surface area contributed by atoms with Gasteiger partial charge in [0, 0.05) is 22.6 Å². The molecule has 38 heavy (non-hydrogen) atoms. The summed E-state index contributed by atoms with van der Waals surface area (Å²) in [7, 11) is 3.05. The van der Waals surface area contributed by atoms with Gasteiger partial charge in [-0.15, -0.1) is 11.3 Å². The first-order valence-corrected chi connectivity index (χ1v) is 13.0. The van der Waals surface area contributed by atoms with Gasteiger partial charge in [-0.2, -0.15) is 0 Å². The van der Waals surface area contributed by atoms with Gasteiger partial charge in [0.2, 0.25) is 5.95 Å². The van der Waals surface area contributed by atoms with E-state index in [0.29, 0.717) is 45.3 Å². The lowest BCUT2D eigenvalue weighted by Crippen LogP contribution is -2.30. The van der Waals surface area contributed by atoms with Gasteiger partial charge in [0.25, 0.3) is 5.78 Å². The van der Waals surface area contributed by atoms with Crippen LogP contribution in [0.15, 0.2) is 53.4 Å². The predicted octanol–water partition coefficient (Wildman–Crippen LogP) is 5.37. The van der Waals surface area contributed by atoms with Crippen LogP contribution in [0.4, 0.5) is 5.95 Å². The molecule has 4 aromatic rings. The van der Waals surface area contributed by atoms with Gasteiger partial charge in [-0.3, -0.25) is 14.5 Å². The van der Waals surface area contributed by atoms with Crippen molar-refractivity contribution in [3.8, 4) is 17.2 Å². The molecule has 0 radical (unpaired) electrons. The number of carbonyl (C=O) groups excluding carboxylic acids is 2. The van der Waals surface area contributed by atoms with Crippen LogP contribution in [0.1, 0.15) is 35.4 Å². The summed E-state index contributed by atoms with van der Waals surface area (Å²) in [5.41, 5.74) is 2.36. The molecular formula is C28H27N3O6S. The molecule has 5 rings (SSSR count). The van der Waals surface area contributed by atoms with Gasteiger partial charge in [0.1, 0.15) is 17.6 Å². The molecule has 2 aromatic heterocycles. The molecule has 196 valence electrons. The average Bonchev–Trinajstić information content (AvgIpc) is 3.65. The van der Waals surface area contributed by atoms with Crippen molar-refractivity contribution < 1.29 is 28.9 Å². The highest BCUT2D eigenvalue weighted by molar-refractivity contribution is 7.10. The molecule has 2 N–H and O–H groups in total. The van der Waals surface area contributed by atoms with E-state index < -0.39 is 17.7 Å². The second kappa shape index (κ2) is 10.2. The number of benzene rings is 2. The van der Waals surface area contributed by atoms with Crippen LogP contribution in [0.5, 0.6) is 17.2 Å². The third-order valence-electron chi connectivity index (χ3n) is 6.37. The van der Waals surface area contributed by atoms with E-state index in [-0.39, 0.29) is 17.3 Å². The van der Waals surface area contributed by atoms with Crippen molar-refractivity contribution in [3.63, 3.8) is 0 Å². The van der Waals surface area contributed by atoms with Gasteiger partial charge >= 0.3 is 5.91 Å². The molecule has 0 bridgehead atoms. The maximum atomic E-state index is 13.4. The van der Waals surface area contributed by atoms with Gasteiger partial charge in [-0.25, -0.2) is 4.98 Å². The molecular weight excluding hydrogens is 506 g/mol. The van der Waals surface area contributed by atoms with Crippen LogP contribution < -0.4 is 19.1 Å². The van der Waals surface area contributed by atoms with E-state index in [1.54, 1.807) is 30.3 Å². The van der Waals surface area contributed by atoms with Gasteiger partial charge in [0.15, 0.2) is 11.5 Å². The molecule has 0 spiro atoms. The zero-order valence-corrected chi connectivity index (χ0v) is 22.2. The first kappa shape index (κ1) is 25.3. The number of hydrogen-bond acceptors (Lipinski definition) is 8. The number of Topliss-reactive ketones (excluding diaryl/α,β-unsaturated/α-hetero) is 1. The van der Waals surface area contributed by atoms with Gasteiger partial charge in [-0.1, -0.05) is 13.0 Å². The highest BCUT2D eigenvalue weighted by atomic mass is 32.1. The molecule has 0 aliphatic carbocycles. The lowest BCUT2D eigenvalue weighted by Gasteiger charge is -2.21. The fraction of sp³-hybridized carbons (Fsp3) is 0.250. The number of hydrogen-bond donors (Lipinski definition) is 2. The Morgan fingerprint density at radius 1 is 1.11 bits per heavy atom. The SMILES string of the molecule is CCCOc1ccc(/C(O)=C2\C(=O)C(=O)N(c3nc4cc(OC)c(OC)cc4[nH]3)C2c2cccs2)cc1C. The van der Waals surface area contributed by atoms with Crippen LogP contribution in [0, 0.1) is 6.92 Å². The van der Waals surface area contributed by atoms with E-state index >= 15 is 0 Å². The number of aliphatic hydroxyl groups excluding tert-OH is 1. The number of ketones is 1. The van der Waals surface area contributed by atoms with E-state index in [0.717, 1.165) is 12.0 Å². The van der Waals surface area contributed by atoms with Gasteiger partial charge in [0.05, 0.1) is 37.4 Å². The van der Waals surface area contributed by atoms with Crippen molar-refractivity contribution >= 4 is 45.8 Å². The van der Waals surface area contributed by atoms with E-state index in [1.165, 1.54) is 30.5 Å². The summed E-state index contributed by atoms with van der Waals surface area (Å²) >= 11 is 1.38. The molecule has 3 heterocycles. The van der Waals surface area contributed by atoms with Crippen molar-refractivity contribution in [1.29, 1.82) is 0 Å². The van der Waals surface area contributed by atoms with Crippen molar-refractivity contribution in [2.45, 2.75) is 26.3 Å². The molecule has 1 saturated heterocycles. The minimum atomic E-state index is -0.865. The zero-order chi connectivity index (χ0) is 27.0. The van der Waals surface area contributed by atoms with Crippen LogP contribution >= 0.6 is 11.3 Å². The first-order valence-electron chi connectivity index (χ1n) is 12.1. The van der Waals surface area contributed by atoms with E-state index in [4.69, 9.17) is 14.2 Å². The van der Waals surface area contributed by atoms with E-state index in [1.807, 2.05) is 31.4 Å². The minimum Gasteiger partial charge on any atom is -0.507 e. The summed E-state index contributed by atoms with van der Waals surface area (Å²) in [6.45, 7) is 4.47. The molecule has 1 atom stereocenters. The number of aryl methyl sites for hydroxylation is 1. The Morgan fingerprint density at radius 3 is 2.53 bits per heavy atom. The number of rotatable bonds is 8. The summed E-state index contributed by atoms with van der Waals surface area (Å²) in [5, 5.41) is 13.2. The van der Waals surface area contributed by atoms with Crippen LogP contribution in [-0.2, 0) is 9.59 Å². The first-order chi connectivity index (χ1) is 18.4. The highest BCUT2D eigenvalue weighted by Crippen LogP contribution is 2.44. The maximum absolute atomic E-state index is 13.4. The second-order valence-electron chi connectivity index (χ2n) is 8.80. The Hall–Kier alpha value is -4.31. The van der Waals surface area contributed by atoms with Crippen molar-refractivity contribution in [1.82, 2.24) is 9.97 Å². The molecule has 2 aromatic carbocycles. The normalized spacial score (nSPS) is 16.8. The number of ether oxygens (including phenoxy) is 3. The molecule has 0 saturated carbocycles. The summed E-state index contributed by atoms with van der Waals surface area (Å²) in [6, 6.07) is 11.4.